The fraction of sp³-hybridized carbons (Fsp3) is 0.625. The van der Waals surface area contributed by atoms with Gasteiger partial charge in [-0.15, -0.1) is 0 Å². The minimum atomic E-state index is 1.12. The number of fused-ring (bicyclic) bond motifs is 3. The Hall–Kier alpha value is -0.800. The predicted molar refractivity (Wildman–Crippen MR) is 164 cm³/mol. The third-order valence-electron chi connectivity index (χ3n) is 7.54. The molecule has 0 aliphatic heterocycles. The zero-order chi connectivity index (χ0) is 25.0. The smallest absolute Gasteiger partial charge is 0.0538 e. The summed E-state index contributed by atoms with van der Waals surface area (Å²) in [5.41, 5.74) is 6.00. The highest BCUT2D eigenvalue weighted by Gasteiger charge is 2.20. The van der Waals surface area contributed by atoms with Gasteiger partial charge in [-0.25, -0.2) is 0 Å². The minimum absolute atomic E-state index is 1.12. The van der Waals surface area contributed by atoms with Crippen molar-refractivity contribution >= 4 is 53.7 Å². The number of benzene rings is 2. The Morgan fingerprint density at radius 3 is 1.94 bits per heavy atom. The summed E-state index contributed by atoms with van der Waals surface area (Å²) in [4.78, 5) is 0. The summed E-state index contributed by atoms with van der Waals surface area (Å²) >= 11 is 7.84. The molecule has 2 aromatic carbocycles. The number of halogens is 2. The molecule has 1 aromatic heterocycles. The van der Waals surface area contributed by atoms with Crippen molar-refractivity contribution < 1.29 is 0 Å². The normalized spacial score (nSPS) is 11.8. The van der Waals surface area contributed by atoms with Crippen molar-refractivity contribution in [1.82, 2.24) is 4.57 Å². The fourth-order valence-electron chi connectivity index (χ4n) is 5.57. The molecule has 35 heavy (non-hydrogen) atoms. The van der Waals surface area contributed by atoms with Gasteiger partial charge in [0, 0.05) is 26.3 Å². The molecule has 1 heterocycles. The van der Waals surface area contributed by atoms with Crippen molar-refractivity contribution in [2.45, 2.75) is 130 Å². The minimum Gasteiger partial charge on any atom is -0.340 e. The van der Waals surface area contributed by atoms with Gasteiger partial charge in [-0.05, 0) is 61.4 Å². The van der Waals surface area contributed by atoms with Gasteiger partial charge in [0.05, 0.1) is 11.0 Å². The van der Waals surface area contributed by atoms with Crippen LogP contribution in [0.4, 0.5) is 0 Å². The van der Waals surface area contributed by atoms with Gasteiger partial charge in [0.15, 0.2) is 0 Å². The van der Waals surface area contributed by atoms with Gasteiger partial charge in [-0.1, -0.05) is 129 Å². The van der Waals surface area contributed by atoms with Gasteiger partial charge in [0.2, 0.25) is 0 Å². The van der Waals surface area contributed by atoms with E-state index in [-0.39, 0.29) is 0 Å². The van der Waals surface area contributed by atoms with Crippen LogP contribution in [0.3, 0.4) is 0 Å². The van der Waals surface area contributed by atoms with E-state index in [1.54, 1.807) is 0 Å². The zero-order valence-electron chi connectivity index (χ0n) is 22.5. The Morgan fingerprint density at radius 2 is 1.26 bits per heavy atom. The summed E-state index contributed by atoms with van der Waals surface area (Å²) in [6, 6.07) is 9.44. The van der Waals surface area contributed by atoms with Gasteiger partial charge in [-0.3, -0.25) is 0 Å². The highest BCUT2D eigenvalue weighted by molar-refractivity contribution is 9.10. The maximum Gasteiger partial charge on any atom is 0.0538 e. The lowest BCUT2D eigenvalue weighted by atomic mass is 9.96. The largest absolute Gasteiger partial charge is 0.340 e. The zero-order valence-corrected chi connectivity index (χ0v) is 25.7. The standard InChI is InChI=1S/C32H47Br2N/c1-4-7-10-13-14-17-22-35-30-24-26(33)20-21-28(30)31-25(18-15-11-8-5-2)23-29(34)27(32(31)35)19-16-12-9-6-3/h20-21,23-24H,4-19,22H2,1-3H3. The van der Waals surface area contributed by atoms with Gasteiger partial charge in [0.25, 0.3) is 0 Å². The molecule has 3 aromatic rings. The molecule has 0 bridgehead atoms. The molecule has 0 N–H and O–H groups in total. The number of hydrogen-bond donors (Lipinski definition) is 0. The second-order valence-electron chi connectivity index (χ2n) is 10.4. The van der Waals surface area contributed by atoms with Crippen LogP contribution in [0.25, 0.3) is 21.8 Å². The van der Waals surface area contributed by atoms with Gasteiger partial charge >= 0.3 is 0 Å². The molecule has 0 radical (unpaired) electrons. The summed E-state index contributed by atoms with van der Waals surface area (Å²) < 4.78 is 5.20. The first-order valence-corrected chi connectivity index (χ1v) is 16.1. The van der Waals surface area contributed by atoms with Crippen LogP contribution in [0, 0.1) is 0 Å². The van der Waals surface area contributed by atoms with E-state index in [0.29, 0.717) is 0 Å². The number of unbranched alkanes of at least 4 members (excludes halogenated alkanes) is 11. The van der Waals surface area contributed by atoms with E-state index in [0.717, 1.165) is 6.54 Å². The number of aromatic nitrogens is 1. The van der Waals surface area contributed by atoms with E-state index in [9.17, 15) is 0 Å². The molecule has 0 aliphatic rings. The summed E-state index contributed by atoms with van der Waals surface area (Å²) in [5.74, 6) is 0. The second kappa shape index (κ2) is 15.5. The summed E-state index contributed by atoms with van der Waals surface area (Å²) in [7, 11) is 0. The molecule has 1 nitrogen and oxygen atoms in total. The van der Waals surface area contributed by atoms with Crippen LogP contribution >= 0.6 is 31.9 Å². The fourth-order valence-corrected chi connectivity index (χ4v) is 6.59. The van der Waals surface area contributed by atoms with Crippen molar-refractivity contribution in [2.75, 3.05) is 0 Å². The molecule has 0 aliphatic carbocycles. The summed E-state index contributed by atoms with van der Waals surface area (Å²) in [6.07, 6.45) is 20.9. The number of rotatable bonds is 17. The Balaban J connectivity index is 2.05. The van der Waals surface area contributed by atoms with Crippen molar-refractivity contribution in [1.29, 1.82) is 0 Å². The molecule has 0 saturated heterocycles. The Kier molecular flexibility index (Phi) is 12.7. The molecular formula is C32H47Br2N. The Labute approximate surface area is 231 Å². The number of nitrogens with zero attached hydrogens (tertiary/aromatic N) is 1. The quantitative estimate of drug-likeness (QED) is 0.135. The highest BCUT2D eigenvalue weighted by atomic mass is 79.9. The van der Waals surface area contributed by atoms with E-state index in [4.69, 9.17) is 0 Å². The average Bonchev–Trinajstić information content (AvgIpc) is 3.16. The van der Waals surface area contributed by atoms with Crippen LogP contribution in [-0.2, 0) is 19.4 Å². The molecule has 194 valence electrons. The molecule has 0 spiro atoms. The first-order valence-electron chi connectivity index (χ1n) is 14.5. The topological polar surface area (TPSA) is 4.93 Å². The van der Waals surface area contributed by atoms with Crippen molar-refractivity contribution in [3.8, 4) is 0 Å². The van der Waals surface area contributed by atoms with Crippen LogP contribution < -0.4 is 0 Å². The molecule has 0 fully saturated rings. The maximum atomic E-state index is 4.05. The summed E-state index contributed by atoms with van der Waals surface area (Å²) in [5, 5.41) is 2.98. The van der Waals surface area contributed by atoms with E-state index < -0.39 is 0 Å². The monoisotopic (exact) mass is 603 g/mol. The van der Waals surface area contributed by atoms with Crippen LogP contribution in [0.2, 0.25) is 0 Å². The number of hydrogen-bond acceptors (Lipinski definition) is 0. The first-order chi connectivity index (χ1) is 17.1. The van der Waals surface area contributed by atoms with Gasteiger partial charge in [0.1, 0.15) is 0 Å². The third kappa shape index (κ3) is 7.84. The number of aryl methyl sites for hydroxylation is 3. The molecule has 3 rings (SSSR count). The average molecular weight is 606 g/mol. The van der Waals surface area contributed by atoms with Gasteiger partial charge < -0.3 is 4.57 Å². The SMILES string of the molecule is CCCCCCCCn1c2cc(Br)ccc2c2c(CCCCCC)cc(Br)c(CCCCCC)c21. The lowest BCUT2D eigenvalue weighted by Crippen LogP contribution is -2.03. The Morgan fingerprint density at radius 1 is 0.657 bits per heavy atom. The molecular weight excluding hydrogens is 558 g/mol. The molecule has 3 heteroatoms. The van der Waals surface area contributed by atoms with Crippen molar-refractivity contribution in [2.24, 2.45) is 0 Å². The highest BCUT2D eigenvalue weighted by Crippen LogP contribution is 2.40. The van der Waals surface area contributed by atoms with Crippen molar-refractivity contribution in [3.05, 3.63) is 44.3 Å². The molecule has 0 amide bonds. The van der Waals surface area contributed by atoms with Gasteiger partial charge in [-0.2, -0.15) is 0 Å². The Bertz CT molecular complexity index is 1050. The van der Waals surface area contributed by atoms with E-state index >= 15 is 0 Å². The van der Waals surface area contributed by atoms with E-state index in [1.807, 2.05) is 0 Å². The van der Waals surface area contributed by atoms with Crippen LogP contribution in [0.1, 0.15) is 122 Å². The van der Waals surface area contributed by atoms with Crippen LogP contribution in [0.5, 0.6) is 0 Å². The maximum absolute atomic E-state index is 4.05. The molecule has 0 atom stereocenters. The second-order valence-corrected chi connectivity index (χ2v) is 12.2. The lowest BCUT2D eigenvalue weighted by Gasteiger charge is -2.15. The third-order valence-corrected chi connectivity index (χ3v) is 8.74. The first kappa shape index (κ1) is 28.8. The van der Waals surface area contributed by atoms with Crippen LogP contribution in [-0.4, -0.2) is 4.57 Å². The van der Waals surface area contributed by atoms with E-state index in [1.165, 1.54) is 145 Å². The molecule has 0 unspecified atom stereocenters. The van der Waals surface area contributed by atoms with Crippen molar-refractivity contribution in [3.63, 3.8) is 0 Å². The lowest BCUT2D eigenvalue weighted by molar-refractivity contribution is 0.570. The summed E-state index contributed by atoms with van der Waals surface area (Å²) in [6.45, 7) is 8.03. The predicted octanol–water partition coefficient (Wildman–Crippen LogP) is 11.9. The molecule has 0 saturated carbocycles. The van der Waals surface area contributed by atoms with E-state index in [2.05, 4.69) is 81.5 Å². The van der Waals surface area contributed by atoms with Crippen LogP contribution in [0.15, 0.2) is 33.2 Å².